The van der Waals surface area contributed by atoms with E-state index in [1.54, 1.807) is 6.33 Å². The van der Waals surface area contributed by atoms with E-state index in [0.29, 0.717) is 18.8 Å². The first-order chi connectivity index (χ1) is 12.5. The number of carbonyl (C=O) groups excluding carboxylic acids is 3. The number of nitrogens with one attached hydrogen (secondary N) is 2. The number of hydrogen-bond acceptors (Lipinski definition) is 4. The molecule has 1 aliphatic heterocycles. The number of fused-ring (bicyclic) bond motifs is 1. The molecule has 0 radical (unpaired) electrons. The number of amides is 3. The van der Waals surface area contributed by atoms with E-state index in [-0.39, 0.29) is 24.3 Å². The molecule has 0 aliphatic carbocycles. The van der Waals surface area contributed by atoms with Gasteiger partial charge in [0, 0.05) is 26.9 Å². The van der Waals surface area contributed by atoms with E-state index in [2.05, 4.69) is 15.6 Å². The molecule has 2 N–H and O–H groups in total. The zero-order chi connectivity index (χ0) is 18.7. The summed E-state index contributed by atoms with van der Waals surface area (Å²) in [6.07, 6.45) is 2.00. The van der Waals surface area contributed by atoms with Crippen LogP contribution in [-0.4, -0.2) is 46.9 Å². The predicted molar refractivity (Wildman–Crippen MR) is 95.5 cm³/mol. The number of likely N-dealkylation sites (N-methyl/N-ethyl adjacent to an activating group) is 1. The van der Waals surface area contributed by atoms with E-state index in [1.165, 1.54) is 18.9 Å². The molecular formula is C18H21N5O3. The number of imidazole rings is 1. The molecule has 2 aromatic rings. The highest BCUT2D eigenvalue weighted by atomic mass is 16.2. The van der Waals surface area contributed by atoms with Crippen LogP contribution in [0, 0.1) is 0 Å². The summed E-state index contributed by atoms with van der Waals surface area (Å²) >= 11 is 0. The van der Waals surface area contributed by atoms with Gasteiger partial charge in [-0.05, 0) is 5.56 Å². The Hall–Kier alpha value is -3.16. The molecular weight excluding hydrogens is 334 g/mol. The Labute approximate surface area is 151 Å². The van der Waals surface area contributed by atoms with E-state index in [1.807, 2.05) is 34.9 Å². The summed E-state index contributed by atoms with van der Waals surface area (Å²) in [5.41, 5.74) is 1.91. The second-order valence-electron chi connectivity index (χ2n) is 6.18. The smallest absolute Gasteiger partial charge is 0.251 e. The summed E-state index contributed by atoms with van der Waals surface area (Å²) in [6, 6.07) is 9.17. The van der Waals surface area contributed by atoms with Gasteiger partial charge >= 0.3 is 0 Å². The number of benzene rings is 1. The van der Waals surface area contributed by atoms with Crippen LogP contribution in [0.2, 0.25) is 0 Å². The van der Waals surface area contributed by atoms with Crippen molar-refractivity contribution >= 4 is 23.5 Å². The molecule has 2 heterocycles. The fourth-order valence-electron chi connectivity index (χ4n) is 3.05. The Morgan fingerprint density at radius 1 is 1.27 bits per heavy atom. The van der Waals surface area contributed by atoms with Crippen molar-refractivity contribution in [1.82, 2.24) is 20.2 Å². The lowest BCUT2D eigenvalue weighted by Gasteiger charge is -2.31. The first-order valence-electron chi connectivity index (χ1n) is 8.36. The number of hydrogen-bond donors (Lipinski definition) is 2. The molecule has 3 amide bonds. The topological polar surface area (TPSA) is 96.3 Å². The zero-order valence-corrected chi connectivity index (χ0v) is 14.7. The zero-order valence-electron chi connectivity index (χ0n) is 14.7. The van der Waals surface area contributed by atoms with Gasteiger partial charge in [-0.2, -0.15) is 0 Å². The number of aromatic nitrogens is 2. The molecule has 8 heteroatoms. The van der Waals surface area contributed by atoms with Gasteiger partial charge in [-0.1, -0.05) is 30.3 Å². The van der Waals surface area contributed by atoms with Gasteiger partial charge in [0.15, 0.2) is 5.82 Å². The predicted octanol–water partition coefficient (Wildman–Crippen LogP) is 0.0712. The minimum Gasteiger partial charge on any atom is -0.358 e. The van der Waals surface area contributed by atoms with Gasteiger partial charge in [0.2, 0.25) is 11.8 Å². The maximum absolute atomic E-state index is 12.7. The number of carbonyl (C=O) groups is 3. The van der Waals surface area contributed by atoms with Gasteiger partial charge in [-0.25, -0.2) is 4.98 Å². The van der Waals surface area contributed by atoms with Gasteiger partial charge in [0.05, 0.1) is 12.0 Å². The Kier molecular flexibility index (Phi) is 5.01. The number of rotatable bonds is 5. The van der Waals surface area contributed by atoms with Crippen LogP contribution in [0.5, 0.6) is 0 Å². The van der Waals surface area contributed by atoms with Gasteiger partial charge < -0.3 is 15.2 Å². The summed E-state index contributed by atoms with van der Waals surface area (Å²) in [4.78, 5) is 41.7. The molecule has 1 aliphatic rings. The van der Waals surface area contributed by atoms with Crippen LogP contribution in [0.25, 0.3) is 0 Å². The Morgan fingerprint density at radius 2 is 2.00 bits per heavy atom. The molecule has 0 bridgehead atoms. The van der Waals surface area contributed by atoms with Crippen LogP contribution < -0.4 is 15.5 Å². The third-order valence-corrected chi connectivity index (χ3v) is 4.30. The SMILES string of the molecule is CNC(=O)CN1C(=O)[C@@H](NC(C)=O)Cc2c1ncn2Cc1ccccc1. The number of anilines is 1. The third-order valence-electron chi connectivity index (χ3n) is 4.30. The molecule has 0 unspecified atom stereocenters. The second kappa shape index (κ2) is 7.38. The minimum atomic E-state index is -0.712. The average molecular weight is 355 g/mol. The fourth-order valence-corrected chi connectivity index (χ4v) is 3.05. The first-order valence-corrected chi connectivity index (χ1v) is 8.36. The molecule has 1 atom stereocenters. The molecule has 0 fully saturated rings. The lowest BCUT2D eigenvalue weighted by atomic mass is 10.0. The van der Waals surface area contributed by atoms with E-state index in [0.717, 1.165) is 11.3 Å². The summed E-state index contributed by atoms with van der Waals surface area (Å²) in [5, 5.41) is 5.18. The lowest BCUT2D eigenvalue weighted by Crippen LogP contribution is -2.54. The highest BCUT2D eigenvalue weighted by molar-refractivity contribution is 6.04. The van der Waals surface area contributed by atoms with Crippen LogP contribution in [0.15, 0.2) is 36.7 Å². The highest BCUT2D eigenvalue weighted by Crippen LogP contribution is 2.27. The molecule has 8 nitrogen and oxygen atoms in total. The van der Waals surface area contributed by atoms with Crippen molar-refractivity contribution in [2.24, 2.45) is 0 Å². The van der Waals surface area contributed by atoms with Crippen molar-refractivity contribution in [3.05, 3.63) is 47.9 Å². The number of nitrogens with zero attached hydrogens (tertiary/aromatic N) is 3. The lowest BCUT2D eigenvalue weighted by molar-refractivity contribution is -0.128. The molecule has 0 spiro atoms. The maximum atomic E-state index is 12.7. The van der Waals surface area contributed by atoms with Crippen molar-refractivity contribution in [2.45, 2.75) is 25.9 Å². The maximum Gasteiger partial charge on any atom is 0.251 e. The monoisotopic (exact) mass is 355 g/mol. The summed E-state index contributed by atoms with van der Waals surface area (Å²) < 4.78 is 1.95. The molecule has 0 saturated carbocycles. The third kappa shape index (κ3) is 3.58. The largest absolute Gasteiger partial charge is 0.358 e. The Balaban J connectivity index is 1.95. The van der Waals surface area contributed by atoms with Gasteiger partial charge in [0.1, 0.15) is 12.6 Å². The van der Waals surface area contributed by atoms with Gasteiger partial charge in [0.25, 0.3) is 5.91 Å². The van der Waals surface area contributed by atoms with Crippen molar-refractivity contribution < 1.29 is 14.4 Å². The van der Waals surface area contributed by atoms with Crippen molar-refractivity contribution in [3.8, 4) is 0 Å². The normalized spacial score (nSPS) is 16.2. The van der Waals surface area contributed by atoms with E-state index < -0.39 is 6.04 Å². The van der Waals surface area contributed by atoms with Crippen LogP contribution in [-0.2, 0) is 27.3 Å². The van der Waals surface area contributed by atoms with Crippen LogP contribution >= 0.6 is 0 Å². The van der Waals surface area contributed by atoms with E-state index in [9.17, 15) is 14.4 Å². The van der Waals surface area contributed by atoms with Crippen LogP contribution in [0.3, 0.4) is 0 Å². The average Bonchev–Trinajstić information content (AvgIpc) is 3.01. The van der Waals surface area contributed by atoms with Crippen molar-refractivity contribution in [1.29, 1.82) is 0 Å². The molecule has 3 rings (SSSR count). The quantitative estimate of drug-likeness (QED) is 0.793. The van der Waals surface area contributed by atoms with E-state index >= 15 is 0 Å². The van der Waals surface area contributed by atoms with E-state index in [4.69, 9.17) is 0 Å². The van der Waals surface area contributed by atoms with Gasteiger partial charge in [-0.15, -0.1) is 0 Å². The summed E-state index contributed by atoms with van der Waals surface area (Å²) in [7, 11) is 1.51. The first kappa shape index (κ1) is 17.7. The standard InChI is InChI=1S/C18H21N5O3/c1-12(24)21-14-8-15-17(23(18(14)26)10-16(25)19-2)20-11-22(15)9-13-6-4-3-5-7-13/h3-7,11,14H,8-10H2,1-2H3,(H,19,25)(H,21,24)/t14-/m0/s1. The second-order valence-corrected chi connectivity index (χ2v) is 6.18. The molecule has 0 saturated heterocycles. The van der Waals surface area contributed by atoms with Crippen molar-refractivity contribution in [3.63, 3.8) is 0 Å². The van der Waals surface area contributed by atoms with Crippen LogP contribution in [0.1, 0.15) is 18.2 Å². The Bertz CT molecular complexity index is 831. The molecule has 26 heavy (non-hydrogen) atoms. The minimum absolute atomic E-state index is 0.138. The fraction of sp³-hybridized carbons (Fsp3) is 0.333. The van der Waals surface area contributed by atoms with Gasteiger partial charge in [-0.3, -0.25) is 19.3 Å². The van der Waals surface area contributed by atoms with Crippen LogP contribution in [0.4, 0.5) is 5.82 Å². The summed E-state index contributed by atoms with van der Waals surface area (Å²) in [6.45, 7) is 1.83. The summed E-state index contributed by atoms with van der Waals surface area (Å²) in [5.74, 6) is -0.455. The highest BCUT2D eigenvalue weighted by Gasteiger charge is 2.37. The molecule has 1 aromatic heterocycles. The molecule has 136 valence electrons. The molecule has 1 aromatic carbocycles. The Morgan fingerprint density at radius 3 is 2.65 bits per heavy atom. The van der Waals surface area contributed by atoms with Crippen molar-refractivity contribution in [2.75, 3.05) is 18.5 Å².